The number of amides is 1. The van der Waals surface area contributed by atoms with Crippen molar-refractivity contribution < 1.29 is 9.59 Å². The topological polar surface area (TPSA) is 59.1 Å². The maximum Gasteiger partial charge on any atom is 0.232 e. The zero-order valence-corrected chi connectivity index (χ0v) is 10.9. The zero-order valence-electron chi connectivity index (χ0n) is 10.1. The molecule has 1 N–H and O–H groups in total. The third-order valence-electron chi connectivity index (χ3n) is 3.34. The minimum atomic E-state index is -0.262. The molecule has 0 saturated heterocycles. The number of carbonyl (C=O) groups excluding carboxylic acids is 2. The molecule has 0 bridgehead atoms. The van der Waals surface area contributed by atoms with Crippen molar-refractivity contribution in [3.8, 4) is 0 Å². The molecule has 0 atom stereocenters. The second kappa shape index (κ2) is 4.56. The Kier molecular flexibility index (Phi) is 3.28. The van der Waals surface area contributed by atoms with E-state index in [4.69, 9.17) is 0 Å². The highest BCUT2D eigenvalue weighted by Crippen LogP contribution is 2.38. The van der Waals surface area contributed by atoms with E-state index in [-0.39, 0.29) is 17.1 Å². The lowest BCUT2D eigenvalue weighted by atomic mass is 9.88. The first kappa shape index (κ1) is 12.2. The van der Waals surface area contributed by atoms with Gasteiger partial charge in [-0.25, -0.2) is 4.98 Å². The minimum Gasteiger partial charge on any atom is -0.301 e. The number of nitrogens with one attached hydrogen (secondary N) is 1. The van der Waals surface area contributed by atoms with Gasteiger partial charge in [-0.3, -0.25) is 9.59 Å². The van der Waals surface area contributed by atoms with Crippen molar-refractivity contribution in [1.82, 2.24) is 4.98 Å². The van der Waals surface area contributed by atoms with E-state index in [1.807, 2.05) is 6.92 Å². The lowest BCUT2D eigenvalue weighted by Gasteiger charge is -2.21. The van der Waals surface area contributed by atoms with Crippen LogP contribution in [0.15, 0.2) is 5.38 Å². The Morgan fingerprint density at radius 1 is 1.41 bits per heavy atom. The predicted molar refractivity (Wildman–Crippen MR) is 67.3 cm³/mol. The molecular weight excluding hydrogens is 236 g/mol. The van der Waals surface area contributed by atoms with Gasteiger partial charge in [0.25, 0.3) is 0 Å². The van der Waals surface area contributed by atoms with Gasteiger partial charge in [-0.15, -0.1) is 11.3 Å². The summed E-state index contributed by atoms with van der Waals surface area (Å²) in [6, 6.07) is 0. The van der Waals surface area contributed by atoms with Crippen molar-refractivity contribution in [1.29, 1.82) is 0 Å². The number of hydrogen-bond donors (Lipinski definition) is 1. The molecule has 1 aliphatic rings. The van der Waals surface area contributed by atoms with E-state index in [1.54, 1.807) is 5.38 Å². The van der Waals surface area contributed by atoms with Crippen molar-refractivity contribution in [3.63, 3.8) is 0 Å². The first-order chi connectivity index (χ1) is 8.01. The molecule has 92 valence electrons. The fraction of sp³-hybridized carbons (Fsp3) is 0.583. The highest BCUT2D eigenvalue weighted by atomic mass is 32.1. The molecule has 0 aliphatic heterocycles. The summed E-state index contributed by atoms with van der Waals surface area (Å²) in [4.78, 5) is 27.3. The van der Waals surface area contributed by atoms with E-state index in [0.29, 0.717) is 10.8 Å². The second-order valence-electron chi connectivity index (χ2n) is 4.82. The van der Waals surface area contributed by atoms with E-state index in [1.165, 1.54) is 18.3 Å². The first-order valence-corrected chi connectivity index (χ1v) is 6.67. The largest absolute Gasteiger partial charge is 0.301 e. The normalized spacial score (nSPS) is 18.0. The number of ketones is 1. The average Bonchev–Trinajstić information content (AvgIpc) is 2.88. The van der Waals surface area contributed by atoms with Crippen LogP contribution in [-0.2, 0) is 4.79 Å². The molecule has 1 aliphatic carbocycles. The van der Waals surface area contributed by atoms with Crippen LogP contribution in [0.3, 0.4) is 0 Å². The number of carbonyl (C=O) groups is 2. The molecule has 1 heterocycles. The number of anilines is 1. The molecule has 2 rings (SSSR count). The number of rotatable bonds is 3. The molecule has 1 amide bonds. The zero-order chi connectivity index (χ0) is 12.5. The summed E-state index contributed by atoms with van der Waals surface area (Å²) in [5.41, 5.74) is 0.157. The smallest absolute Gasteiger partial charge is 0.232 e. The summed E-state index contributed by atoms with van der Waals surface area (Å²) in [6.45, 7) is 3.47. The van der Waals surface area contributed by atoms with Gasteiger partial charge < -0.3 is 5.32 Å². The molecule has 1 aromatic heterocycles. The number of hydrogen-bond acceptors (Lipinski definition) is 4. The van der Waals surface area contributed by atoms with Gasteiger partial charge >= 0.3 is 0 Å². The van der Waals surface area contributed by atoms with Crippen LogP contribution >= 0.6 is 11.3 Å². The van der Waals surface area contributed by atoms with Crippen molar-refractivity contribution in [2.24, 2.45) is 5.41 Å². The van der Waals surface area contributed by atoms with Gasteiger partial charge in [0, 0.05) is 17.7 Å². The first-order valence-electron chi connectivity index (χ1n) is 5.79. The van der Waals surface area contributed by atoms with Gasteiger partial charge in [0.2, 0.25) is 5.91 Å². The molecular formula is C12H16N2O2S. The van der Waals surface area contributed by atoms with Gasteiger partial charge in [0.1, 0.15) is 5.69 Å². The van der Waals surface area contributed by atoms with Crippen molar-refractivity contribution in [3.05, 3.63) is 11.1 Å². The maximum atomic E-state index is 12.1. The molecule has 0 spiro atoms. The molecule has 0 radical (unpaired) electrons. The van der Waals surface area contributed by atoms with E-state index in [9.17, 15) is 9.59 Å². The number of thiazole rings is 1. The van der Waals surface area contributed by atoms with E-state index >= 15 is 0 Å². The van der Waals surface area contributed by atoms with Crippen LogP contribution in [0.4, 0.5) is 5.13 Å². The molecule has 1 saturated carbocycles. The summed E-state index contributed by atoms with van der Waals surface area (Å²) in [5, 5.41) is 5.01. The Bertz CT molecular complexity index is 447. The van der Waals surface area contributed by atoms with Crippen LogP contribution < -0.4 is 5.32 Å². The van der Waals surface area contributed by atoms with Crippen LogP contribution in [-0.4, -0.2) is 16.7 Å². The highest BCUT2D eigenvalue weighted by Gasteiger charge is 2.36. The number of nitrogens with zero attached hydrogens (tertiary/aromatic N) is 1. The lowest BCUT2D eigenvalue weighted by Crippen LogP contribution is -2.30. The molecule has 5 heteroatoms. The van der Waals surface area contributed by atoms with Crippen LogP contribution in [0.1, 0.15) is 50.0 Å². The highest BCUT2D eigenvalue weighted by molar-refractivity contribution is 7.14. The van der Waals surface area contributed by atoms with Gasteiger partial charge in [0.05, 0.1) is 0 Å². The van der Waals surface area contributed by atoms with Gasteiger partial charge in [-0.05, 0) is 12.8 Å². The van der Waals surface area contributed by atoms with Gasteiger partial charge in [-0.1, -0.05) is 19.8 Å². The van der Waals surface area contributed by atoms with Crippen molar-refractivity contribution in [2.75, 3.05) is 5.32 Å². The minimum absolute atomic E-state index is 0.0273. The summed E-state index contributed by atoms with van der Waals surface area (Å²) in [6.07, 6.45) is 4.09. The SMILES string of the molecule is CC(=O)c1csc(NC(=O)C2(C)CCCC2)n1. The van der Waals surface area contributed by atoms with Gasteiger partial charge in [0.15, 0.2) is 10.9 Å². The van der Waals surface area contributed by atoms with Crippen LogP contribution in [0.5, 0.6) is 0 Å². The Labute approximate surface area is 104 Å². The van der Waals surface area contributed by atoms with Crippen molar-refractivity contribution >= 4 is 28.2 Å². The molecule has 1 fully saturated rings. The molecule has 4 nitrogen and oxygen atoms in total. The summed E-state index contributed by atoms with van der Waals surface area (Å²) in [7, 11) is 0. The Hall–Kier alpha value is -1.23. The standard InChI is InChI=1S/C12H16N2O2S/c1-8(15)9-7-17-11(13-9)14-10(16)12(2)5-3-4-6-12/h7H,3-6H2,1-2H3,(H,13,14,16). The average molecular weight is 252 g/mol. The monoisotopic (exact) mass is 252 g/mol. The second-order valence-corrected chi connectivity index (χ2v) is 5.67. The Morgan fingerprint density at radius 2 is 2.06 bits per heavy atom. The molecule has 1 aromatic rings. The molecule has 0 aromatic carbocycles. The summed E-state index contributed by atoms with van der Waals surface area (Å²) in [5.74, 6) is -0.0479. The third kappa shape index (κ3) is 2.54. The van der Waals surface area contributed by atoms with Gasteiger partial charge in [-0.2, -0.15) is 0 Å². The lowest BCUT2D eigenvalue weighted by molar-refractivity contribution is -0.124. The summed E-state index contributed by atoms with van der Waals surface area (Å²) < 4.78 is 0. The van der Waals surface area contributed by atoms with Crippen LogP contribution in [0, 0.1) is 5.41 Å². The van der Waals surface area contributed by atoms with Crippen molar-refractivity contribution in [2.45, 2.75) is 39.5 Å². The van der Waals surface area contributed by atoms with Crippen LogP contribution in [0.25, 0.3) is 0 Å². The predicted octanol–water partition coefficient (Wildman–Crippen LogP) is 2.86. The fourth-order valence-electron chi connectivity index (χ4n) is 2.12. The van der Waals surface area contributed by atoms with E-state index in [0.717, 1.165) is 25.7 Å². The third-order valence-corrected chi connectivity index (χ3v) is 4.10. The number of aromatic nitrogens is 1. The Morgan fingerprint density at radius 3 is 2.59 bits per heavy atom. The molecule has 17 heavy (non-hydrogen) atoms. The number of Topliss-reactive ketones (excluding diaryl/α,β-unsaturated/α-hetero) is 1. The fourth-order valence-corrected chi connectivity index (χ4v) is 2.87. The van der Waals surface area contributed by atoms with E-state index in [2.05, 4.69) is 10.3 Å². The quantitative estimate of drug-likeness (QED) is 0.841. The summed E-state index contributed by atoms with van der Waals surface area (Å²) >= 11 is 1.30. The molecule has 0 unspecified atom stereocenters. The van der Waals surface area contributed by atoms with Crippen LogP contribution in [0.2, 0.25) is 0 Å². The van der Waals surface area contributed by atoms with E-state index < -0.39 is 0 Å². The maximum absolute atomic E-state index is 12.1. The Balaban J connectivity index is 2.05.